The van der Waals surface area contributed by atoms with Gasteiger partial charge < -0.3 is 20.3 Å². The van der Waals surface area contributed by atoms with E-state index in [1.165, 1.54) is 59.6 Å². The van der Waals surface area contributed by atoms with E-state index in [1.54, 1.807) is 7.05 Å². The predicted octanol–water partition coefficient (Wildman–Crippen LogP) is -0.846. The zero-order chi connectivity index (χ0) is 25.3. The lowest BCUT2D eigenvalue weighted by molar-refractivity contribution is -0.191. The van der Waals surface area contributed by atoms with Crippen LogP contribution in [0.15, 0.2) is 40.7 Å². The van der Waals surface area contributed by atoms with Crippen molar-refractivity contribution in [3.63, 3.8) is 0 Å². The Morgan fingerprint density at radius 2 is 2.06 bits per heavy atom. The number of benzene rings is 1. The van der Waals surface area contributed by atoms with E-state index in [9.17, 15) is 28.8 Å². The van der Waals surface area contributed by atoms with Gasteiger partial charge in [0.05, 0.1) is 0 Å². The van der Waals surface area contributed by atoms with Gasteiger partial charge in [0.1, 0.15) is 32.9 Å². The molecule has 35 heavy (non-hydrogen) atoms. The van der Waals surface area contributed by atoms with E-state index in [0.29, 0.717) is 10.7 Å². The molecule has 2 atom stereocenters. The molecule has 2 amide bonds. The summed E-state index contributed by atoms with van der Waals surface area (Å²) in [6.07, 6.45) is 0. The molecular formula is C19H18N6O7S3. The van der Waals surface area contributed by atoms with Crippen molar-refractivity contribution in [3.8, 4) is 5.75 Å². The number of aromatic hydroxyl groups is 1. The number of methoxy groups -OCH3 is 1. The van der Waals surface area contributed by atoms with Crippen LogP contribution in [0.4, 0.5) is 0 Å². The summed E-state index contributed by atoms with van der Waals surface area (Å²) < 4.78 is 18.6. The maximum Gasteiger partial charge on any atom is 0.352 e. The van der Waals surface area contributed by atoms with Gasteiger partial charge in [0, 0.05) is 31.2 Å². The monoisotopic (exact) mass is 538 g/mol. The van der Waals surface area contributed by atoms with Crippen molar-refractivity contribution in [2.24, 2.45) is 7.05 Å². The van der Waals surface area contributed by atoms with E-state index in [2.05, 4.69) is 20.8 Å². The molecule has 0 radical (unpaired) electrons. The predicted molar refractivity (Wildman–Crippen MR) is 126 cm³/mol. The van der Waals surface area contributed by atoms with Gasteiger partial charge in [0.25, 0.3) is 17.5 Å². The number of aliphatic carboxylic acids is 1. The van der Waals surface area contributed by atoms with Crippen molar-refractivity contribution in [1.29, 1.82) is 0 Å². The number of β-lactam (4-membered cyclic amide) rings is 1. The molecule has 0 spiro atoms. The summed E-state index contributed by atoms with van der Waals surface area (Å²) in [6, 6.07) is 5.42. The van der Waals surface area contributed by atoms with E-state index < -0.39 is 28.9 Å². The highest BCUT2D eigenvalue weighted by Gasteiger charge is 2.66. The summed E-state index contributed by atoms with van der Waals surface area (Å²) in [4.78, 5) is 39.1. The fourth-order valence-electron chi connectivity index (χ4n) is 3.60. The fraction of sp³-hybridized carbons (Fsp3) is 0.316. The average Bonchev–Trinajstić information content (AvgIpc) is 3.26. The molecule has 3 heterocycles. The lowest BCUT2D eigenvalue weighted by Crippen LogP contribution is -2.81. The third kappa shape index (κ3) is 4.33. The van der Waals surface area contributed by atoms with E-state index in [0.717, 1.165) is 4.90 Å². The number of nitrogens with one attached hydrogen (secondary N) is 1. The Kier molecular flexibility index (Phi) is 6.98. The fourth-order valence-corrected chi connectivity index (χ4v) is 6.39. The van der Waals surface area contributed by atoms with Crippen LogP contribution < -0.4 is 5.32 Å². The summed E-state index contributed by atoms with van der Waals surface area (Å²) >= 11 is 2.38. The number of carboxylic acids is 1. The van der Waals surface area contributed by atoms with Crippen molar-refractivity contribution in [2.75, 3.05) is 18.6 Å². The molecule has 2 aliphatic rings. The summed E-state index contributed by atoms with van der Waals surface area (Å²) in [5, 5.41) is 32.5. The Hall–Kier alpha value is -3.21. The number of carbonyl (C=O) groups excluding carboxylic acids is 2. The molecule has 1 aromatic heterocycles. The minimum Gasteiger partial charge on any atom is -0.508 e. The van der Waals surface area contributed by atoms with Crippen LogP contribution in [0.25, 0.3) is 0 Å². The molecule has 0 unspecified atom stereocenters. The third-order valence-electron chi connectivity index (χ3n) is 5.31. The number of nitrogens with zero attached hydrogens (tertiary/aromatic N) is 5. The average molecular weight is 539 g/mol. The largest absolute Gasteiger partial charge is 0.508 e. The molecule has 3 N–H and O–H groups in total. The topological polar surface area (TPSA) is 177 Å². The van der Waals surface area contributed by atoms with Crippen LogP contribution in [-0.4, -0.2) is 91.9 Å². The highest BCUT2D eigenvalue weighted by molar-refractivity contribution is 8.01. The second kappa shape index (κ2) is 9.80. The molecule has 16 heteroatoms. The zero-order valence-electron chi connectivity index (χ0n) is 18.2. The Bertz CT molecular complexity index is 1290. The summed E-state index contributed by atoms with van der Waals surface area (Å²) in [7, 11) is 2.87. The quantitative estimate of drug-likeness (QED) is 0.125. The highest BCUT2D eigenvalue weighted by Crippen LogP contribution is 2.47. The summed E-state index contributed by atoms with van der Waals surface area (Å²) in [5.74, 6) is -2.48. The molecule has 0 bridgehead atoms. The Balaban J connectivity index is 1.58. The first-order chi connectivity index (χ1) is 16.7. The van der Waals surface area contributed by atoms with Crippen LogP contribution in [0.1, 0.15) is 5.56 Å². The molecule has 0 aliphatic carbocycles. The minimum absolute atomic E-state index is 0.0430. The highest BCUT2D eigenvalue weighted by atomic mass is 32.2. The normalized spacial score (nSPS) is 21.3. The Labute approximate surface area is 210 Å². The number of amides is 2. The molecule has 2 aliphatic heterocycles. The van der Waals surface area contributed by atoms with Gasteiger partial charge in [-0.2, -0.15) is 0 Å². The number of aryl methyl sites for hydroxylation is 1. The standard InChI is InChI=1S/C19H18N6O7S3/c1-24-18(21-22-23-24)34-8-10-7-33-17-19(32-2,16(30)25(17)12(10)15(28)29)20-14(27)13(35-31)9-3-5-11(26)6-4-9/h3-6,17,26H,7-8H2,1-2H3,(H,20,27)(H,28,29)/t17-,19+/m1/s1. The minimum atomic E-state index is -1.85. The first kappa shape index (κ1) is 24.9. The van der Waals surface area contributed by atoms with E-state index in [-0.39, 0.29) is 44.6 Å². The molecule has 4 rings (SSSR count). The van der Waals surface area contributed by atoms with Crippen molar-refractivity contribution in [3.05, 3.63) is 41.1 Å². The molecule has 0 saturated carbocycles. The molecule has 1 saturated heterocycles. The van der Waals surface area contributed by atoms with E-state index in [1.807, 2.05) is 0 Å². The third-order valence-corrected chi connectivity index (χ3v) is 8.37. The van der Waals surface area contributed by atoms with Crippen LogP contribution in [-0.2, 0) is 37.4 Å². The second-order valence-corrected chi connectivity index (χ2v) is 9.91. The van der Waals surface area contributed by atoms with Gasteiger partial charge in [-0.1, -0.05) is 11.8 Å². The number of hydrogen-bond donors (Lipinski definition) is 3. The number of thioether (sulfide) groups is 2. The lowest BCUT2D eigenvalue weighted by atomic mass is 9.97. The first-order valence-corrected chi connectivity index (χ1v) is 12.6. The number of rotatable bonds is 8. The van der Waals surface area contributed by atoms with Gasteiger partial charge in [-0.3, -0.25) is 14.5 Å². The number of aromatic nitrogens is 4. The number of carboxylic acid groups (broad SMARTS) is 1. The summed E-state index contributed by atoms with van der Waals surface area (Å²) in [6.45, 7) is 0. The number of phenolic OH excluding ortho intramolecular Hbond substituents is 1. The van der Waals surface area contributed by atoms with Gasteiger partial charge >= 0.3 is 5.97 Å². The number of fused-ring (bicyclic) bond motifs is 1. The number of tetrazole rings is 1. The van der Waals surface area contributed by atoms with Crippen molar-refractivity contribution in [2.45, 2.75) is 16.3 Å². The SMILES string of the molecule is CO[C@@]1(NC(=O)C(=S=O)c2ccc(O)cc2)C(=O)N2C(C(=O)O)=C(CSc3nnnn3C)CS[C@@H]21. The number of phenols is 1. The number of ether oxygens (including phenoxy) is 1. The van der Waals surface area contributed by atoms with Gasteiger partial charge in [0.15, 0.2) is 0 Å². The molecule has 13 nitrogen and oxygen atoms in total. The molecule has 1 fully saturated rings. The smallest absolute Gasteiger partial charge is 0.352 e. The van der Waals surface area contributed by atoms with Crippen LogP contribution in [0, 0.1) is 0 Å². The van der Waals surface area contributed by atoms with Gasteiger partial charge in [-0.25, -0.2) is 13.7 Å². The van der Waals surface area contributed by atoms with Gasteiger partial charge in [-0.15, -0.1) is 16.9 Å². The maximum absolute atomic E-state index is 13.2. The number of carbonyl (C=O) groups is 3. The van der Waals surface area contributed by atoms with Crippen LogP contribution in [0.3, 0.4) is 0 Å². The van der Waals surface area contributed by atoms with Gasteiger partial charge in [-0.05, 0) is 40.3 Å². The second-order valence-electron chi connectivity index (χ2n) is 7.32. The maximum atomic E-state index is 13.2. The zero-order valence-corrected chi connectivity index (χ0v) is 20.6. The van der Waals surface area contributed by atoms with E-state index in [4.69, 9.17) is 4.74 Å². The van der Waals surface area contributed by atoms with Crippen LogP contribution >= 0.6 is 23.5 Å². The van der Waals surface area contributed by atoms with Crippen molar-refractivity contribution in [1.82, 2.24) is 30.4 Å². The van der Waals surface area contributed by atoms with Gasteiger partial charge in [0.2, 0.25) is 5.16 Å². The van der Waals surface area contributed by atoms with E-state index >= 15 is 0 Å². The number of hydrogen-bond acceptors (Lipinski definition) is 11. The van der Waals surface area contributed by atoms with Crippen molar-refractivity contribution < 1.29 is 33.5 Å². The summed E-state index contributed by atoms with van der Waals surface area (Å²) in [5.41, 5.74) is -1.31. The van der Waals surface area contributed by atoms with Crippen molar-refractivity contribution >= 4 is 57.4 Å². The molecular weight excluding hydrogens is 520 g/mol. The molecule has 2 aromatic rings. The van der Waals surface area contributed by atoms with Crippen LogP contribution in [0.5, 0.6) is 5.75 Å². The Morgan fingerprint density at radius 1 is 1.34 bits per heavy atom. The Morgan fingerprint density at radius 3 is 2.63 bits per heavy atom. The first-order valence-electron chi connectivity index (χ1n) is 9.83. The van der Waals surface area contributed by atoms with Crippen LogP contribution in [0.2, 0.25) is 0 Å². The molecule has 184 valence electrons. The lowest BCUT2D eigenvalue weighted by Gasteiger charge is -2.55. The molecule has 1 aromatic carbocycles.